The van der Waals surface area contributed by atoms with E-state index < -0.39 is 13.0 Å². The Morgan fingerprint density at radius 3 is 2.30 bits per heavy atom. The minimum atomic E-state index is -2.22. The van der Waals surface area contributed by atoms with Crippen LogP contribution in [0.25, 0.3) is 0 Å². The van der Waals surface area contributed by atoms with Crippen molar-refractivity contribution in [2.45, 2.75) is 0 Å². The summed E-state index contributed by atoms with van der Waals surface area (Å²) in [6, 6.07) is 5.18. The van der Waals surface area contributed by atoms with Crippen LogP contribution in [0.3, 0.4) is 0 Å². The van der Waals surface area contributed by atoms with E-state index in [4.69, 9.17) is 5.02 Å². The highest BCUT2D eigenvalue weighted by molar-refractivity contribution is 6.59. The van der Waals surface area contributed by atoms with Crippen LogP contribution in [0.4, 0.5) is 8.71 Å². The zero-order chi connectivity index (χ0) is 7.56. The quantitative estimate of drug-likeness (QED) is 0.565. The summed E-state index contributed by atoms with van der Waals surface area (Å²) in [6.07, 6.45) is 0. The van der Waals surface area contributed by atoms with Gasteiger partial charge in [0.25, 0.3) is 0 Å². The topological polar surface area (TPSA) is 20.2 Å². The predicted molar refractivity (Wildman–Crippen MR) is 35.1 cm³/mol. The Bertz CT molecular complexity index is 227. The molecule has 0 spiro atoms. The van der Waals surface area contributed by atoms with Gasteiger partial charge in [-0.15, -0.1) is 0 Å². The zero-order valence-electron chi connectivity index (χ0n) is 5.09. The standard InChI is InChI=1S/C6H5BF2O/c8-6-4-2-1-3-5(6)7(9)10/h1-4,10H. The van der Waals surface area contributed by atoms with Gasteiger partial charge in [-0.2, -0.15) is 0 Å². The van der Waals surface area contributed by atoms with Crippen molar-refractivity contribution in [3.05, 3.63) is 30.1 Å². The van der Waals surface area contributed by atoms with Gasteiger partial charge in [0.15, 0.2) is 0 Å². The number of benzene rings is 1. The molecule has 0 saturated heterocycles. The van der Waals surface area contributed by atoms with Gasteiger partial charge in [0, 0.05) is 5.46 Å². The molecule has 0 aromatic heterocycles. The summed E-state index contributed by atoms with van der Waals surface area (Å²) in [4.78, 5) is 0. The second-order valence-electron chi connectivity index (χ2n) is 1.86. The second kappa shape index (κ2) is 2.79. The second-order valence-corrected chi connectivity index (χ2v) is 1.86. The van der Waals surface area contributed by atoms with Crippen molar-refractivity contribution in [3.63, 3.8) is 0 Å². The molecule has 0 radical (unpaired) electrons. The molecule has 0 unspecified atom stereocenters. The lowest BCUT2D eigenvalue weighted by Gasteiger charge is -1.96. The van der Waals surface area contributed by atoms with E-state index >= 15 is 0 Å². The molecule has 1 aromatic carbocycles. The summed E-state index contributed by atoms with van der Waals surface area (Å²) in [6.45, 7) is 0. The van der Waals surface area contributed by atoms with Gasteiger partial charge in [0.1, 0.15) is 5.82 Å². The third-order valence-corrected chi connectivity index (χ3v) is 1.16. The summed E-state index contributed by atoms with van der Waals surface area (Å²) in [5.41, 5.74) is -0.317. The fourth-order valence-corrected chi connectivity index (χ4v) is 0.668. The number of hydrogen-bond acceptors (Lipinski definition) is 1. The van der Waals surface area contributed by atoms with Crippen molar-refractivity contribution < 1.29 is 13.7 Å². The van der Waals surface area contributed by atoms with Crippen LogP contribution < -0.4 is 5.46 Å². The van der Waals surface area contributed by atoms with E-state index in [1.54, 1.807) is 0 Å². The van der Waals surface area contributed by atoms with Gasteiger partial charge in [0.05, 0.1) is 0 Å². The first-order chi connectivity index (χ1) is 4.72. The van der Waals surface area contributed by atoms with E-state index in [0.717, 1.165) is 6.07 Å². The predicted octanol–water partition coefficient (Wildman–Crippen LogP) is 0.483. The van der Waals surface area contributed by atoms with E-state index in [2.05, 4.69) is 0 Å². The highest BCUT2D eigenvalue weighted by Crippen LogP contribution is 1.94. The maximum Gasteiger partial charge on any atom is 0.535 e. The van der Waals surface area contributed by atoms with Gasteiger partial charge in [-0.1, -0.05) is 18.2 Å². The molecule has 10 heavy (non-hydrogen) atoms. The molecule has 52 valence electrons. The van der Waals surface area contributed by atoms with Gasteiger partial charge >= 0.3 is 7.19 Å². The van der Waals surface area contributed by atoms with Crippen molar-refractivity contribution in [1.29, 1.82) is 0 Å². The normalized spacial score (nSPS) is 9.50. The van der Waals surface area contributed by atoms with Crippen LogP contribution in [0, 0.1) is 5.82 Å². The third-order valence-electron chi connectivity index (χ3n) is 1.16. The Balaban J connectivity index is 3.03. The Labute approximate surface area is 57.5 Å². The molecule has 0 bridgehead atoms. The van der Waals surface area contributed by atoms with Gasteiger partial charge in [-0.05, 0) is 6.07 Å². The maximum atomic E-state index is 12.4. The molecule has 0 fully saturated rings. The summed E-state index contributed by atoms with van der Waals surface area (Å²) >= 11 is 0. The largest absolute Gasteiger partial charge is 0.535 e. The molecule has 0 aliphatic rings. The van der Waals surface area contributed by atoms with Crippen LogP contribution in [0.1, 0.15) is 0 Å². The first-order valence-corrected chi connectivity index (χ1v) is 2.78. The van der Waals surface area contributed by atoms with Crippen LogP contribution in [0.2, 0.25) is 0 Å². The average molecular weight is 142 g/mol. The number of hydrogen-bond donors (Lipinski definition) is 1. The Morgan fingerprint density at radius 1 is 1.30 bits per heavy atom. The molecule has 0 saturated carbocycles. The monoisotopic (exact) mass is 142 g/mol. The lowest BCUT2D eigenvalue weighted by Crippen LogP contribution is -2.27. The Kier molecular flexibility index (Phi) is 2.01. The molecule has 0 amide bonds. The molecular weight excluding hydrogens is 137 g/mol. The molecule has 1 nitrogen and oxygen atoms in total. The molecule has 0 heterocycles. The van der Waals surface area contributed by atoms with E-state index in [9.17, 15) is 8.71 Å². The fourth-order valence-electron chi connectivity index (χ4n) is 0.668. The Morgan fingerprint density at radius 2 is 1.90 bits per heavy atom. The maximum absolute atomic E-state index is 12.4. The van der Waals surface area contributed by atoms with Crippen molar-refractivity contribution in [2.24, 2.45) is 0 Å². The molecular formula is C6H5BF2O. The van der Waals surface area contributed by atoms with Gasteiger partial charge in [-0.25, -0.2) is 4.39 Å². The summed E-state index contributed by atoms with van der Waals surface area (Å²) in [7, 11) is -2.22. The molecule has 1 aromatic rings. The molecule has 1 N–H and O–H groups in total. The first kappa shape index (κ1) is 7.21. The lowest BCUT2D eigenvalue weighted by atomic mass is 9.83. The molecule has 0 atom stereocenters. The SMILES string of the molecule is OB(F)c1ccccc1F. The van der Waals surface area contributed by atoms with E-state index in [-0.39, 0.29) is 5.46 Å². The number of halogens is 2. The van der Waals surface area contributed by atoms with Crippen LogP contribution >= 0.6 is 0 Å². The number of rotatable bonds is 1. The van der Waals surface area contributed by atoms with Gasteiger partial charge < -0.3 is 5.02 Å². The van der Waals surface area contributed by atoms with E-state index in [0.29, 0.717) is 0 Å². The van der Waals surface area contributed by atoms with Crippen LogP contribution in [-0.2, 0) is 0 Å². The fraction of sp³-hybridized carbons (Fsp3) is 0. The molecule has 1 rings (SSSR count). The molecule has 0 aliphatic carbocycles. The van der Waals surface area contributed by atoms with Crippen molar-refractivity contribution in [3.8, 4) is 0 Å². The minimum absolute atomic E-state index is 0.317. The average Bonchev–Trinajstić information content (AvgIpc) is 1.88. The first-order valence-electron chi connectivity index (χ1n) is 2.78. The summed E-state index contributed by atoms with van der Waals surface area (Å²) in [5.74, 6) is -0.725. The minimum Gasteiger partial charge on any atom is -0.420 e. The van der Waals surface area contributed by atoms with Crippen molar-refractivity contribution in [1.82, 2.24) is 0 Å². The van der Waals surface area contributed by atoms with E-state index in [1.165, 1.54) is 18.2 Å². The van der Waals surface area contributed by atoms with Gasteiger partial charge in [-0.3, -0.25) is 4.32 Å². The van der Waals surface area contributed by atoms with Crippen molar-refractivity contribution in [2.75, 3.05) is 0 Å². The molecule has 0 aliphatic heterocycles. The summed E-state index contributed by atoms with van der Waals surface area (Å²) in [5, 5.41) is 8.30. The zero-order valence-corrected chi connectivity index (χ0v) is 5.09. The Hall–Kier alpha value is -0.895. The smallest absolute Gasteiger partial charge is 0.420 e. The van der Waals surface area contributed by atoms with Crippen LogP contribution in [-0.4, -0.2) is 12.2 Å². The van der Waals surface area contributed by atoms with Crippen LogP contribution in [0.5, 0.6) is 0 Å². The van der Waals surface area contributed by atoms with Crippen LogP contribution in [0.15, 0.2) is 24.3 Å². The van der Waals surface area contributed by atoms with E-state index in [1.807, 2.05) is 0 Å². The van der Waals surface area contributed by atoms with Crippen molar-refractivity contribution >= 4 is 12.7 Å². The molecule has 4 heteroatoms. The summed E-state index contributed by atoms with van der Waals surface area (Å²) < 4.78 is 24.5. The third kappa shape index (κ3) is 1.33. The highest BCUT2D eigenvalue weighted by atomic mass is 19.1. The lowest BCUT2D eigenvalue weighted by molar-refractivity contribution is 0.510. The van der Waals surface area contributed by atoms with Gasteiger partial charge in [0.2, 0.25) is 0 Å². The highest BCUT2D eigenvalue weighted by Gasteiger charge is 2.16.